The van der Waals surface area contributed by atoms with Gasteiger partial charge in [-0.2, -0.15) is 9.42 Å². The van der Waals surface area contributed by atoms with E-state index < -0.39 is 37.5 Å². The molecule has 0 amide bonds. The van der Waals surface area contributed by atoms with Crippen LogP contribution in [0, 0.1) is 11.8 Å². The molecule has 2 unspecified atom stereocenters. The second-order valence-electron chi connectivity index (χ2n) is 10.1. The van der Waals surface area contributed by atoms with Crippen LogP contribution in [0.2, 0.25) is 0 Å². The lowest BCUT2D eigenvalue weighted by Gasteiger charge is -2.26. The number of rotatable bonds is 20. The second-order valence-corrected chi connectivity index (χ2v) is 12.4. The summed E-state index contributed by atoms with van der Waals surface area (Å²) >= 11 is 0. The minimum Gasteiger partial charge on any atom is -0.481 e. The third-order valence-electron chi connectivity index (χ3n) is 7.05. The Labute approximate surface area is 231 Å². The predicted molar refractivity (Wildman–Crippen MR) is 152 cm³/mol. The summed E-state index contributed by atoms with van der Waals surface area (Å²) in [5, 5.41) is 12.3. The summed E-state index contributed by atoms with van der Waals surface area (Å²) in [5.41, 5.74) is -0.436. The van der Waals surface area contributed by atoms with Gasteiger partial charge in [-0.25, -0.2) is 0 Å². The highest BCUT2D eigenvalue weighted by molar-refractivity contribution is 7.60. The first-order valence-electron chi connectivity index (χ1n) is 14.3. The van der Waals surface area contributed by atoms with Crippen LogP contribution in [0.15, 0.2) is 9.59 Å². The monoisotopic (exact) mass is 573 g/mol. The van der Waals surface area contributed by atoms with Gasteiger partial charge in [0.15, 0.2) is 6.16 Å². The minimum absolute atomic E-state index is 0.0454. The number of carbonyl (C=O) groups is 2. The maximum Gasteiger partial charge on any atom is 0.414 e. The number of ether oxygens (including phenoxy) is 1. The van der Waals surface area contributed by atoms with E-state index in [1.165, 1.54) is 0 Å². The smallest absolute Gasteiger partial charge is 0.414 e. The number of esters is 1. The lowest BCUT2D eigenvalue weighted by atomic mass is 9.97. The van der Waals surface area contributed by atoms with Crippen molar-refractivity contribution < 1.29 is 33.4 Å². The lowest BCUT2D eigenvalue weighted by molar-refractivity contribution is -0.156. The Morgan fingerprint density at radius 3 is 2.28 bits per heavy atom. The zero-order valence-electron chi connectivity index (χ0n) is 23.6. The number of carboxylic acids is 1. The van der Waals surface area contributed by atoms with Gasteiger partial charge in [0, 0.05) is 13.1 Å². The molecule has 1 aliphatic heterocycles. The fourth-order valence-electron chi connectivity index (χ4n) is 4.88. The third kappa shape index (κ3) is 10.1. The van der Waals surface area contributed by atoms with Crippen molar-refractivity contribution >= 4 is 31.3 Å². The SMILES string of the molecule is CCCC(CCCCO[P+](O)(CCN1CCCNc2c1c(=O)c2=O)OCOC(=O)C(CCC)CCC)C(=O)O. The van der Waals surface area contributed by atoms with Gasteiger partial charge in [0.05, 0.1) is 25.0 Å². The predicted octanol–water partition coefficient (Wildman–Crippen LogP) is 4.08. The van der Waals surface area contributed by atoms with Crippen molar-refractivity contribution in [3.05, 3.63) is 20.4 Å². The average Bonchev–Trinajstić information content (AvgIpc) is 3.11. The van der Waals surface area contributed by atoms with Crippen LogP contribution in [0.3, 0.4) is 0 Å². The van der Waals surface area contributed by atoms with E-state index in [2.05, 4.69) is 5.32 Å². The fraction of sp³-hybridized carbons (Fsp3) is 0.778. The van der Waals surface area contributed by atoms with E-state index in [-0.39, 0.29) is 31.2 Å². The molecule has 0 bridgehead atoms. The number of carbonyl (C=O) groups excluding carboxylic acids is 1. The van der Waals surface area contributed by atoms with Crippen LogP contribution in [-0.4, -0.2) is 61.1 Å². The molecule has 2 atom stereocenters. The molecular formula is C27H46N2O9P+. The van der Waals surface area contributed by atoms with Crippen LogP contribution >= 0.6 is 7.94 Å². The van der Waals surface area contributed by atoms with E-state index in [1.54, 1.807) is 4.90 Å². The molecule has 1 aliphatic rings. The lowest BCUT2D eigenvalue weighted by Crippen LogP contribution is -2.42. The molecule has 0 radical (unpaired) electrons. The van der Waals surface area contributed by atoms with Gasteiger partial charge < -0.3 is 20.1 Å². The molecule has 1 aromatic carbocycles. The van der Waals surface area contributed by atoms with Gasteiger partial charge in [-0.3, -0.25) is 19.2 Å². The summed E-state index contributed by atoms with van der Waals surface area (Å²) in [6.45, 7) is 6.99. The van der Waals surface area contributed by atoms with E-state index >= 15 is 0 Å². The molecule has 0 saturated carbocycles. The topological polar surface area (TPSA) is 152 Å². The van der Waals surface area contributed by atoms with Gasteiger partial charge in [-0.15, -0.1) is 4.52 Å². The number of hydrogen-bond acceptors (Lipinski definition) is 10. The van der Waals surface area contributed by atoms with E-state index in [4.69, 9.17) is 13.8 Å². The van der Waals surface area contributed by atoms with E-state index in [0.29, 0.717) is 69.4 Å². The molecule has 1 aromatic rings. The summed E-state index contributed by atoms with van der Waals surface area (Å²) in [6.07, 6.45) is 6.96. The first-order valence-corrected chi connectivity index (χ1v) is 16.0. The summed E-state index contributed by atoms with van der Waals surface area (Å²) in [6, 6.07) is 0. The van der Waals surface area contributed by atoms with Crippen molar-refractivity contribution in [3.63, 3.8) is 0 Å². The first-order chi connectivity index (χ1) is 18.7. The van der Waals surface area contributed by atoms with Crippen molar-refractivity contribution in [2.75, 3.05) is 49.4 Å². The van der Waals surface area contributed by atoms with Crippen LogP contribution in [0.25, 0.3) is 0 Å². The Morgan fingerprint density at radius 1 is 0.974 bits per heavy atom. The van der Waals surface area contributed by atoms with Gasteiger partial charge in [0.1, 0.15) is 11.4 Å². The third-order valence-corrected chi connectivity index (χ3v) is 8.91. The van der Waals surface area contributed by atoms with Crippen LogP contribution in [-0.2, 0) is 23.4 Å². The molecule has 2 rings (SSSR count). The standard InChI is InChI=1S/C27H45N2O9P/c1-4-10-20(26(32)33)13-7-8-17-37-39(35,38-19-36-27(34)21(11-5-2)12-6-3)18-16-29-15-9-14-28-22-23(29)25(31)24(22)30/h20-21,35H,4-19H2,1-3H3,(H-,28,31,32,33)/p+1. The van der Waals surface area contributed by atoms with Crippen LogP contribution in [0.5, 0.6) is 0 Å². The highest BCUT2D eigenvalue weighted by Gasteiger charge is 2.43. The van der Waals surface area contributed by atoms with Crippen LogP contribution in [0.1, 0.15) is 85.0 Å². The summed E-state index contributed by atoms with van der Waals surface area (Å²) in [7, 11) is -3.49. The quantitative estimate of drug-likeness (QED) is 0.0680. The average molecular weight is 574 g/mol. The minimum atomic E-state index is -3.49. The van der Waals surface area contributed by atoms with Crippen LogP contribution in [0.4, 0.5) is 11.4 Å². The molecule has 0 fully saturated rings. The molecule has 0 aliphatic carbocycles. The van der Waals surface area contributed by atoms with Crippen molar-refractivity contribution in [1.29, 1.82) is 0 Å². The van der Waals surface area contributed by atoms with Gasteiger partial charge in [-0.1, -0.05) is 46.5 Å². The fourth-order valence-corrected chi connectivity index (χ4v) is 6.34. The van der Waals surface area contributed by atoms with Crippen molar-refractivity contribution in [2.24, 2.45) is 11.8 Å². The maximum atomic E-state index is 12.5. The molecule has 12 heteroatoms. The molecular weight excluding hydrogens is 527 g/mol. The van der Waals surface area contributed by atoms with Crippen molar-refractivity contribution in [2.45, 2.75) is 85.0 Å². The Hall–Kier alpha value is -2.07. The normalized spacial score (nSPS) is 15.9. The van der Waals surface area contributed by atoms with Crippen LogP contribution < -0.4 is 21.1 Å². The van der Waals surface area contributed by atoms with E-state index in [9.17, 15) is 29.2 Å². The molecule has 222 valence electrons. The number of aliphatic carboxylic acids is 1. The van der Waals surface area contributed by atoms with E-state index in [0.717, 1.165) is 19.3 Å². The zero-order valence-corrected chi connectivity index (χ0v) is 24.5. The number of hydrogen-bond donors (Lipinski definition) is 3. The van der Waals surface area contributed by atoms with Gasteiger partial charge >= 0.3 is 19.9 Å². The Balaban J connectivity index is 1.99. The summed E-state index contributed by atoms with van der Waals surface area (Å²) < 4.78 is 16.8. The number of carboxylic acid groups (broad SMARTS) is 1. The van der Waals surface area contributed by atoms with Crippen molar-refractivity contribution in [3.8, 4) is 0 Å². The Bertz CT molecular complexity index is 975. The maximum absolute atomic E-state index is 12.5. The number of nitrogens with one attached hydrogen (secondary N) is 1. The molecule has 3 N–H and O–H groups in total. The number of nitrogens with zero attached hydrogens (tertiary/aromatic N) is 1. The molecule has 0 aromatic heterocycles. The molecule has 39 heavy (non-hydrogen) atoms. The highest BCUT2D eigenvalue weighted by Crippen LogP contribution is 2.57. The number of fused-ring (bicyclic) bond motifs is 1. The van der Waals surface area contributed by atoms with Gasteiger partial charge in [0.2, 0.25) is 6.79 Å². The van der Waals surface area contributed by atoms with E-state index in [1.807, 2.05) is 20.8 Å². The molecule has 1 heterocycles. The van der Waals surface area contributed by atoms with Gasteiger partial charge in [-0.05, 0) is 38.5 Å². The summed E-state index contributed by atoms with van der Waals surface area (Å²) in [4.78, 5) is 61.1. The zero-order chi connectivity index (χ0) is 28.8. The Morgan fingerprint density at radius 2 is 1.64 bits per heavy atom. The molecule has 0 saturated heterocycles. The summed E-state index contributed by atoms with van der Waals surface area (Å²) in [5.74, 6) is -1.80. The van der Waals surface area contributed by atoms with Gasteiger partial charge in [0.25, 0.3) is 10.9 Å². The largest absolute Gasteiger partial charge is 0.481 e. The molecule has 11 nitrogen and oxygen atoms in total. The first kappa shape index (κ1) is 33.1. The number of unbranched alkanes of at least 4 members (excludes halogenated alkanes) is 1. The number of anilines is 2. The second kappa shape index (κ2) is 16.9. The molecule has 0 spiro atoms. The highest BCUT2D eigenvalue weighted by atomic mass is 31.2. The Kier molecular flexibility index (Phi) is 14.4. The van der Waals surface area contributed by atoms with Crippen molar-refractivity contribution in [1.82, 2.24) is 0 Å².